The van der Waals surface area contributed by atoms with E-state index in [-0.39, 0.29) is 12.0 Å². The molecule has 0 saturated carbocycles. The SMILES string of the molecule is COC(=O)/C=C/C1=C[C@H]2[C@@H](CC1)C[C@@H](C(=O)OC)N2C(=O)OC(C)(C)C. The lowest BCUT2D eigenvalue weighted by atomic mass is 9.85. The first kappa shape index (κ1) is 20.0. The monoisotopic (exact) mass is 365 g/mol. The quantitative estimate of drug-likeness (QED) is 0.434. The van der Waals surface area contributed by atoms with Crippen molar-refractivity contribution in [2.24, 2.45) is 5.92 Å². The van der Waals surface area contributed by atoms with Crippen molar-refractivity contribution in [3.8, 4) is 0 Å². The zero-order valence-electron chi connectivity index (χ0n) is 16.0. The van der Waals surface area contributed by atoms with Gasteiger partial charge in [-0.25, -0.2) is 14.4 Å². The molecule has 7 nitrogen and oxygen atoms in total. The third-order valence-corrected chi connectivity index (χ3v) is 4.57. The van der Waals surface area contributed by atoms with Crippen molar-refractivity contribution in [2.75, 3.05) is 14.2 Å². The van der Waals surface area contributed by atoms with Gasteiger partial charge in [-0.1, -0.05) is 12.2 Å². The highest BCUT2D eigenvalue weighted by atomic mass is 16.6. The number of esters is 2. The molecular weight excluding hydrogens is 338 g/mol. The predicted molar refractivity (Wildman–Crippen MR) is 94.2 cm³/mol. The number of methoxy groups -OCH3 is 2. The number of allylic oxidation sites excluding steroid dienone is 2. The average Bonchev–Trinajstić information content (AvgIpc) is 2.96. The van der Waals surface area contributed by atoms with Crippen LogP contribution in [0.5, 0.6) is 0 Å². The number of amides is 1. The van der Waals surface area contributed by atoms with Gasteiger partial charge >= 0.3 is 18.0 Å². The van der Waals surface area contributed by atoms with Gasteiger partial charge in [0.2, 0.25) is 0 Å². The summed E-state index contributed by atoms with van der Waals surface area (Å²) in [5, 5.41) is 0. The van der Waals surface area contributed by atoms with Crippen LogP contribution >= 0.6 is 0 Å². The van der Waals surface area contributed by atoms with E-state index in [9.17, 15) is 14.4 Å². The maximum absolute atomic E-state index is 12.7. The van der Waals surface area contributed by atoms with Crippen LogP contribution in [0.4, 0.5) is 4.79 Å². The van der Waals surface area contributed by atoms with Gasteiger partial charge in [0.1, 0.15) is 11.6 Å². The van der Waals surface area contributed by atoms with Gasteiger partial charge in [0.25, 0.3) is 0 Å². The summed E-state index contributed by atoms with van der Waals surface area (Å²) >= 11 is 0. The van der Waals surface area contributed by atoms with E-state index in [1.54, 1.807) is 26.8 Å². The second-order valence-corrected chi connectivity index (χ2v) is 7.55. The van der Waals surface area contributed by atoms with Gasteiger partial charge in [-0.2, -0.15) is 0 Å². The zero-order chi connectivity index (χ0) is 19.5. The van der Waals surface area contributed by atoms with Crippen molar-refractivity contribution in [1.29, 1.82) is 0 Å². The Labute approximate surface area is 154 Å². The minimum absolute atomic E-state index is 0.155. The standard InChI is InChI=1S/C19H27NO6/c1-19(2,3)26-18(23)20-14-10-12(7-9-16(21)24-4)6-8-13(14)11-15(20)17(22)25-5/h7,9-10,13-15H,6,8,11H2,1-5H3/b9-7+/t13-,14-,15-/m0/s1. The van der Waals surface area contributed by atoms with E-state index in [2.05, 4.69) is 4.74 Å². The van der Waals surface area contributed by atoms with Crippen LogP contribution in [0.3, 0.4) is 0 Å². The van der Waals surface area contributed by atoms with E-state index in [0.717, 1.165) is 18.4 Å². The first-order valence-electron chi connectivity index (χ1n) is 8.72. The first-order valence-corrected chi connectivity index (χ1v) is 8.72. The van der Waals surface area contributed by atoms with Gasteiger partial charge in [0.05, 0.1) is 20.3 Å². The number of hydrogen-bond donors (Lipinski definition) is 0. The molecule has 144 valence electrons. The number of nitrogens with zero attached hydrogens (tertiary/aromatic N) is 1. The molecule has 0 aromatic carbocycles. The van der Waals surface area contributed by atoms with Crippen molar-refractivity contribution in [1.82, 2.24) is 4.90 Å². The Bertz CT molecular complexity index is 630. The third kappa shape index (κ3) is 4.65. The molecule has 1 saturated heterocycles. The molecule has 0 aromatic heterocycles. The molecule has 1 aliphatic heterocycles. The molecule has 0 unspecified atom stereocenters. The van der Waals surface area contributed by atoms with Crippen molar-refractivity contribution in [3.63, 3.8) is 0 Å². The highest BCUT2D eigenvalue weighted by molar-refractivity contribution is 5.83. The Morgan fingerprint density at radius 1 is 1.19 bits per heavy atom. The van der Waals surface area contributed by atoms with E-state index in [4.69, 9.17) is 9.47 Å². The fourth-order valence-electron chi connectivity index (χ4n) is 3.43. The summed E-state index contributed by atoms with van der Waals surface area (Å²) in [5.74, 6) is -0.719. The number of carbonyl (C=O) groups is 3. The summed E-state index contributed by atoms with van der Waals surface area (Å²) in [6, 6.07) is -0.926. The van der Waals surface area contributed by atoms with Gasteiger partial charge < -0.3 is 14.2 Å². The van der Waals surface area contributed by atoms with Gasteiger partial charge in [-0.15, -0.1) is 0 Å². The van der Waals surface area contributed by atoms with E-state index in [0.29, 0.717) is 6.42 Å². The van der Waals surface area contributed by atoms with Crippen LogP contribution in [0.2, 0.25) is 0 Å². The Balaban J connectivity index is 2.29. The third-order valence-electron chi connectivity index (χ3n) is 4.57. The minimum Gasteiger partial charge on any atom is -0.467 e. The smallest absolute Gasteiger partial charge is 0.411 e. The largest absolute Gasteiger partial charge is 0.467 e. The fourth-order valence-corrected chi connectivity index (χ4v) is 3.43. The molecule has 1 aliphatic carbocycles. The molecule has 1 heterocycles. The molecular formula is C19H27NO6. The lowest BCUT2D eigenvalue weighted by Gasteiger charge is -2.33. The molecule has 0 N–H and O–H groups in total. The Morgan fingerprint density at radius 3 is 2.46 bits per heavy atom. The Kier molecular flexibility index (Phi) is 6.10. The number of ether oxygens (including phenoxy) is 3. The van der Waals surface area contributed by atoms with Crippen molar-refractivity contribution >= 4 is 18.0 Å². The molecule has 7 heteroatoms. The van der Waals surface area contributed by atoms with Crippen molar-refractivity contribution < 1.29 is 28.6 Å². The van der Waals surface area contributed by atoms with Gasteiger partial charge in [-0.3, -0.25) is 4.90 Å². The number of fused-ring (bicyclic) bond motifs is 1. The molecule has 3 atom stereocenters. The Morgan fingerprint density at radius 2 is 1.88 bits per heavy atom. The summed E-state index contributed by atoms with van der Waals surface area (Å²) in [7, 11) is 2.64. The van der Waals surface area contributed by atoms with Crippen LogP contribution in [0.1, 0.15) is 40.0 Å². The summed E-state index contributed by atoms with van der Waals surface area (Å²) in [6.07, 6.45) is 6.58. The maximum Gasteiger partial charge on any atom is 0.411 e. The van der Waals surface area contributed by atoms with Crippen LogP contribution in [-0.2, 0) is 23.8 Å². The molecule has 0 bridgehead atoms. The van der Waals surface area contributed by atoms with E-state index >= 15 is 0 Å². The van der Waals surface area contributed by atoms with Crippen molar-refractivity contribution in [2.45, 2.75) is 57.7 Å². The molecule has 0 radical (unpaired) electrons. The molecule has 2 aliphatic rings. The van der Waals surface area contributed by atoms with Crippen LogP contribution in [0, 0.1) is 5.92 Å². The molecule has 1 fully saturated rings. The first-order chi connectivity index (χ1) is 12.2. The summed E-state index contributed by atoms with van der Waals surface area (Å²) in [6.45, 7) is 5.35. The minimum atomic E-state index is -0.665. The topological polar surface area (TPSA) is 82.1 Å². The van der Waals surface area contributed by atoms with E-state index in [1.807, 2.05) is 6.08 Å². The number of rotatable bonds is 3. The van der Waals surface area contributed by atoms with E-state index < -0.39 is 29.7 Å². The summed E-state index contributed by atoms with van der Waals surface area (Å²) in [4.78, 5) is 37.7. The van der Waals surface area contributed by atoms with Gasteiger partial charge in [0.15, 0.2) is 0 Å². The number of likely N-dealkylation sites (tertiary alicyclic amines) is 1. The molecule has 0 aromatic rings. The number of carbonyl (C=O) groups excluding carboxylic acids is 3. The normalized spacial score (nSPS) is 25.5. The maximum atomic E-state index is 12.7. The summed E-state index contributed by atoms with van der Waals surface area (Å²) < 4.78 is 15.0. The Hall–Kier alpha value is -2.31. The van der Waals surface area contributed by atoms with Crippen LogP contribution in [-0.4, -0.2) is 54.8 Å². The predicted octanol–water partition coefficient (Wildman–Crippen LogP) is 2.60. The van der Waals surface area contributed by atoms with Gasteiger partial charge in [-0.05, 0) is 51.5 Å². The molecule has 26 heavy (non-hydrogen) atoms. The van der Waals surface area contributed by atoms with E-state index in [1.165, 1.54) is 25.2 Å². The molecule has 0 spiro atoms. The van der Waals surface area contributed by atoms with Crippen molar-refractivity contribution in [3.05, 3.63) is 23.8 Å². The highest BCUT2D eigenvalue weighted by Gasteiger charge is 2.48. The van der Waals surface area contributed by atoms with Crippen LogP contribution in [0.25, 0.3) is 0 Å². The average molecular weight is 365 g/mol. The lowest BCUT2D eigenvalue weighted by molar-refractivity contribution is -0.146. The van der Waals surface area contributed by atoms with Gasteiger partial charge in [0, 0.05) is 6.08 Å². The molecule has 2 rings (SSSR count). The summed E-state index contributed by atoms with van der Waals surface area (Å²) in [5.41, 5.74) is 0.262. The molecule has 1 amide bonds. The fraction of sp³-hybridized carbons (Fsp3) is 0.632. The van der Waals surface area contributed by atoms with Crippen LogP contribution in [0.15, 0.2) is 23.8 Å². The zero-order valence-corrected chi connectivity index (χ0v) is 16.0. The highest BCUT2D eigenvalue weighted by Crippen LogP contribution is 2.40. The number of hydrogen-bond acceptors (Lipinski definition) is 6. The lowest BCUT2D eigenvalue weighted by Crippen LogP contribution is -2.48. The second-order valence-electron chi connectivity index (χ2n) is 7.55. The van der Waals surface area contributed by atoms with Crippen LogP contribution < -0.4 is 0 Å². The second kappa shape index (κ2) is 7.93.